The summed E-state index contributed by atoms with van der Waals surface area (Å²) in [7, 11) is 4.29. The van der Waals surface area contributed by atoms with E-state index in [-0.39, 0.29) is 0 Å². The van der Waals surface area contributed by atoms with Gasteiger partial charge in [0.1, 0.15) is 0 Å². The van der Waals surface area contributed by atoms with Crippen LogP contribution in [0.15, 0.2) is 24.3 Å². The van der Waals surface area contributed by atoms with Gasteiger partial charge in [0.15, 0.2) is 0 Å². The summed E-state index contributed by atoms with van der Waals surface area (Å²) in [4.78, 5) is 2.27. The minimum atomic E-state index is 0.320. The quantitative estimate of drug-likeness (QED) is 0.859. The summed E-state index contributed by atoms with van der Waals surface area (Å²) >= 11 is 0. The topological polar surface area (TPSA) is 15.3 Å². The van der Waals surface area contributed by atoms with Crippen LogP contribution in [-0.2, 0) is 6.42 Å². The SMILES string of the molecule is CN(C)CC(C)(C)CNC1CCc2ccccc21. The molecule has 1 unspecified atom stereocenters. The Morgan fingerprint density at radius 3 is 2.72 bits per heavy atom. The van der Waals surface area contributed by atoms with E-state index in [1.54, 1.807) is 0 Å². The highest BCUT2D eigenvalue weighted by Gasteiger charge is 2.25. The third-order valence-corrected chi connectivity index (χ3v) is 3.70. The van der Waals surface area contributed by atoms with Crippen molar-refractivity contribution in [2.75, 3.05) is 27.2 Å². The number of hydrogen-bond donors (Lipinski definition) is 1. The summed E-state index contributed by atoms with van der Waals surface area (Å²) in [5, 5.41) is 3.76. The molecule has 0 spiro atoms. The van der Waals surface area contributed by atoms with Gasteiger partial charge in [-0.2, -0.15) is 0 Å². The second kappa shape index (κ2) is 5.41. The van der Waals surface area contributed by atoms with Crippen molar-refractivity contribution >= 4 is 0 Å². The van der Waals surface area contributed by atoms with E-state index in [9.17, 15) is 0 Å². The molecule has 1 aliphatic rings. The first-order valence-electron chi connectivity index (χ1n) is 6.94. The number of nitrogens with one attached hydrogen (secondary N) is 1. The van der Waals surface area contributed by atoms with Crippen LogP contribution in [0, 0.1) is 5.41 Å². The van der Waals surface area contributed by atoms with Crippen molar-refractivity contribution in [2.45, 2.75) is 32.7 Å². The molecule has 1 N–H and O–H groups in total. The molecule has 0 amide bonds. The first kappa shape index (κ1) is 13.6. The molecule has 1 aromatic rings. The number of nitrogens with zero attached hydrogens (tertiary/aromatic N) is 1. The van der Waals surface area contributed by atoms with Gasteiger partial charge < -0.3 is 10.2 Å². The van der Waals surface area contributed by atoms with Gasteiger partial charge in [0.25, 0.3) is 0 Å². The van der Waals surface area contributed by atoms with Gasteiger partial charge in [0.2, 0.25) is 0 Å². The van der Waals surface area contributed by atoms with E-state index >= 15 is 0 Å². The van der Waals surface area contributed by atoms with Crippen molar-refractivity contribution in [2.24, 2.45) is 5.41 Å². The van der Waals surface area contributed by atoms with Gasteiger partial charge in [-0.15, -0.1) is 0 Å². The Balaban J connectivity index is 1.92. The summed E-state index contributed by atoms with van der Waals surface area (Å²) in [6.45, 7) is 6.86. The van der Waals surface area contributed by atoms with Crippen molar-refractivity contribution in [3.63, 3.8) is 0 Å². The number of hydrogen-bond acceptors (Lipinski definition) is 2. The van der Waals surface area contributed by atoms with E-state index in [4.69, 9.17) is 0 Å². The molecule has 2 nitrogen and oxygen atoms in total. The lowest BCUT2D eigenvalue weighted by atomic mass is 9.92. The molecule has 0 bridgehead atoms. The van der Waals surface area contributed by atoms with Crippen LogP contribution in [0.4, 0.5) is 0 Å². The average Bonchev–Trinajstić information content (AvgIpc) is 2.68. The molecule has 2 rings (SSSR count). The Hall–Kier alpha value is -0.860. The van der Waals surface area contributed by atoms with Crippen LogP contribution in [0.5, 0.6) is 0 Å². The molecular formula is C16H26N2. The highest BCUT2D eigenvalue weighted by Crippen LogP contribution is 2.31. The fourth-order valence-electron chi connectivity index (χ4n) is 3.08. The minimum Gasteiger partial charge on any atom is -0.309 e. The average molecular weight is 246 g/mol. The van der Waals surface area contributed by atoms with Crippen molar-refractivity contribution in [3.05, 3.63) is 35.4 Å². The highest BCUT2D eigenvalue weighted by molar-refractivity contribution is 5.34. The molecule has 0 fully saturated rings. The molecular weight excluding hydrogens is 220 g/mol. The van der Waals surface area contributed by atoms with Gasteiger partial charge in [-0.1, -0.05) is 38.1 Å². The summed E-state index contributed by atoms with van der Waals surface area (Å²) in [5.41, 5.74) is 3.36. The van der Waals surface area contributed by atoms with Gasteiger partial charge in [-0.25, -0.2) is 0 Å². The Bertz CT molecular complexity index is 396. The van der Waals surface area contributed by atoms with Gasteiger partial charge >= 0.3 is 0 Å². The summed E-state index contributed by atoms with van der Waals surface area (Å²) in [6.07, 6.45) is 2.47. The van der Waals surface area contributed by atoms with Crippen molar-refractivity contribution in [1.82, 2.24) is 10.2 Å². The van der Waals surface area contributed by atoms with Crippen LogP contribution < -0.4 is 5.32 Å². The molecule has 0 radical (unpaired) electrons. The lowest BCUT2D eigenvalue weighted by Gasteiger charge is -2.30. The van der Waals surface area contributed by atoms with Gasteiger partial charge in [-0.05, 0) is 43.5 Å². The zero-order valence-corrected chi connectivity index (χ0v) is 12.2. The van der Waals surface area contributed by atoms with Crippen LogP contribution >= 0.6 is 0 Å². The minimum absolute atomic E-state index is 0.320. The maximum Gasteiger partial charge on any atom is 0.0326 e. The normalized spacial score (nSPS) is 19.3. The molecule has 18 heavy (non-hydrogen) atoms. The maximum atomic E-state index is 3.76. The van der Waals surface area contributed by atoms with E-state index in [0.29, 0.717) is 11.5 Å². The summed E-state index contributed by atoms with van der Waals surface area (Å²) in [6, 6.07) is 9.41. The number of rotatable bonds is 5. The Morgan fingerprint density at radius 2 is 2.00 bits per heavy atom. The summed E-state index contributed by atoms with van der Waals surface area (Å²) < 4.78 is 0. The lowest BCUT2D eigenvalue weighted by molar-refractivity contribution is 0.225. The predicted octanol–water partition coefficient (Wildman–Crippen LogP) is 2.85. The second-order valence-electron chi connectivity index (χ2n) is 6.57. The lowest BCUT2D eigenvalue weighted by Crippen LogP contribution is -2.38. The third-order valence-electron chi connectivity index (χ3n) is 3.70. The molecule has 0 heterocycles. The van der Waals surface area contributed by atoms with Crippen LogP contribution in [0.1, 0.15) is 37.4 Å². The molecule has 100 valence electrons. The summed E-state index contributed by atoms with van der Waals surface area (Å²) in [5.74, 6) is 0. The molecule has 0 aromatic heterocycles. The van der Waals surface area contributed by atoms with Crippen LogP contribution in [0.2, 0.25) is 0 Å². The van der Waals surface area contributed by atoms with Crippen molar-refractivity contribution < 1.29 is 0 Å². The van der Waals surface area contributed by atoms with E-state index in [2.05, 4.69) is 62.4 Å². The molecule has 0 aliphatic heterocycles. The van der Waals surface area contributed by atoms with E-state index < -0.39 is 0 Å². The molecule has 1 aromatic carbocycles. The van der Waals surface area contributed by atoms with Crippen molar-refractivity contribution in [3.8, 4) is 0 Å². The Labute approximate surface area is 111 Å². The second-order valence-corrected chi connectivity index (χ2v) is 6.57. The third kappa shape index (κ3) is 3.33. The van der Waals surface area contributed by atoms with E-state index in [1.807, 2.05) is 0 Å². The Kier molecular flexibility index (Phi) is 4.08. The predicted molar refractivity (Wildman–Crippen MR) is 77.8 cm³/mol. The fourth-order valence-corrected chi connectivity index (χ4v) is 3.08. The molecule has 0 saturated heterocycles. The number of benzene rings is 1. The largest absolute Gasteiger partial charge is 0.309 e. The first-order chi connectivity index (χ1) is 8.48. The molecule has 1 atom stereocenters. The number of aryl methyl sites for hydroxylation is 1. The standard InChI is InChI=1S/C16H26N2/c1-16(2,12-18(3)4)11-17-15-10-9-13-7-5-6-8-14(13)15/h5-8,15,17H,9-12H2,1-4H3. The molecule has 2 heteroatoms. The monoisotopic (exact) mass is 246 g/mol. The zero-order valence-electron chi connectivity index (χ0n) is 12.2. The smallest absolute Gasteiger partial charge is 0.0326 e. The van der Waals surface area contributed by atoms with Crippen molar-refractivity contribution in [1.29, 1.82) is 0 Å². The molecule has 1 aliphatic carbocycles. The van der Waals surface area contributed by atoms with Crippen LogP contribution in [-0.4, -0.2) is 32.1 Å². The Morgan fingerprint density at radius 1 is 1.28 bits per heavy atom. The van der Waals surface area contributed by atoms with Crippen LogP contribution in [0.3, 0.4) is 0 Å². The van der Waals surface area contributed by atoms with E-state index in [1.165, 1.54) is 24.0 Å². The maximum absolute atomic E-state index is 3.76. The van der Waals surface area contributed by atoms with Crippen LogP contribution in [0.25, 0.3) is 0 Å². The zero-order chi connectivity index (χ0) is 13.2. The first-order valence-corrected chi connectivity index (χ1v) is 6.94. The molecule has 0 saturated carbocycles. The van der Waals surface area contributed by atoms with Gasteiger partial charge in [0, 0.05) is 19.1 Å². The van der Waals surface area contributed by atoms with Gasteiger partial charge in [-0.3, -0.25) is 0 Å². The fraction of sp³-hybridized carbons (Fsp3) is 0.625. The van der Waals surface area contributed by atoms with Gasteiger partial charge in [0.05, 0.1) is 0 Å². The highest BCUT2D eigenvalue weighted by atomic mass is 15.1. The van der Waals surface area contributed by atoms with E-state index in [0.717, 1.165) is 13.1 Å². The number of fused-ring (bicyclic) bond motifs is 1.